The predicted molar refractivity (Wildman–Crippen MR) is 107 cm³/mol. The van der Waals surface area contributed by atoms with E-state index >= 15 is 0 Å². The van der Waals surface area contributed by atoms with E-state index in [1.165, 1.54) is 0 Å². The molecule has 0 spiro atoms. The molecule has 0 aromatic heterocycles. The number of piperazine rings is 1. The third-order valence-corrected chi connectivity index (χ3v) is 8.11. The third kappa shape index (κ3) is 3.92. The zero-order chi connectivity index (χ0) is 20.1. The summed E-state index contributed by atoms with van der Waals surface area (Å²) in [5.74, 6) is 0.829. The first-order valence-corrected chi connectivity index (χ1v) is 11.3. The van der Waals surface area contributed by atoms with Crippen molar-refractivity contribution in [3.8, 4) is 0 Å². The van der Waals surface area contributed by atoms with Crippen LogP contribution in [0, 0.1) is 25.7 Å². The Morgan fingerprint density at radius 2 is 1.52 bits per heavy atom. The maximum absolute atomic E-state index is 13.3. The fourth-order valence-corrected chi connectivity index (χ4v) is 5.80. The van der Waals surface area contributed by atoms with Gasteiger partial charge in [0.25, 0.3) is 0 Å². The number of carbonyl (C=O) groups excluding carboxylic acids is 1. The largest absolute Gasteiger partial charge is 0.340 e. The van der Waals surface area contributed by atoms with Crippen LogP contribution in [0.2, 0.25) is 0 Å². The Bertz CT molecular complexity index is 824. The van der Waals surface area contributed by atoms with Crippen LogP contribution in [0.4, 0.5) is 0 Å². The maximum atomic E-state index is 13.3. The molecule has 3 rings (SSSR count). The van der Waals surface area contributed by atoms with Gasteiger partial charge in [-0.2, -0.15) is 4.31 Å². The van der Waals surface area contributed by atoms with Crippen molar-refractivity contribution in [1.82, 2.24) is 9.21 Å². The maximum Gasteiger partial charge on any atom is 0.243 e. The van der Waals surface area contributed by atoms with Gasteiger partial charge in [-0.25, -0.2) is 8.42 Å². The molecule has 1 aliphatic heterocycles. The second kappa shape index (κ2) is 6.89. The Balaban J connectivity index is 1.79. The summed E-state index contributed by atoms with van der Waals surface area (Å²) in [6.07, 6.45) is 0.968. The number of amides is 1. The van der Waals surface area contributed by atoms with Crippen LogP contribution in [-0.4, -0.2) is 49.7 Å². The molecule has 1 amide bonds. The molecule has 2 unspecified atom stereocenters. The molecule has 1 saturated carbocycles. The SMILES string of the molecule is Cc1cc(C(C)(C)C)cc(C)c1S(=O)(=O)N1CCN(C(=O)C2CC2C)CC1. The van der Waals surface area contributed by atoms with Crippen molar-refractivity contribution in [1.29, 1.82) is 0 Å². The van der Waals surface area contributed by atoms with Crippen molar-refractivity contribution in [2.45, 2.75) is 58.3 Å². The van der Waals surface area contributed by atoms with E-state index in [-0.39, 0.29) is 17.2 Å². The highest BCUT2D eigenvalue weighted by Crippen LogP contribution is 2.39. The van der Waals surface area contributed by atoms with Gasteiger partial charge in [0.05, 0.1) is 4.90 Å². The fraction of sp³-hybridized carbons (Fsp3) is 0.667. The number of benzene rings is 1. The Labute approximate surface area is 163 Å². The first kappa shape index (κ1) is 20.3. The highest BCUT2D eigenvalue weighted by atomic mass is 32.2. The fourth-order valence-electron chi connectivity index (χ4n) is 3.97. The summed E-state index contributed by atoms with van der Waals surface area (Å²) in [6.45, 7) is 14.0. The van der Waals surface area contributed by atoms with Crippen molar-refractivity contribution in [2.24, 2.45) is 11.8 Å². The van der Waals surface area contributed by atoms with Crippen molar-refractivity contribution >= 4 is 15.9 Å². The number of sulfonamides is 1. The van der Waals surface area contributed by atoms with Gasteiger partial charge < -0.3 is 4.90 Å². The molecule has 1 heterocycles. The van der Waals surface area contributed by atoms with E-state index in [1.54, 1.807) is 4.31 Å². The normalized spacial score (nSPS) is 24.1. The van der Waals surface area contributed by atoms with Crippen molar-refractivity contribution in [3.63, 3.8) is 0 Å². The second-order valence-electron chi connectivity index (χ2n) is 9.24. The smallest absolute Gasteiger partial charge is 0.243 e. The molecule has 2 atom stereocenters. The number of hydrogen-bond donors (Lipinski definition) is 0. The molecule has 27 heavy (non-hydrogen) atoms. The minimum absolute atomic E-state index is 0.0241. The van der Waals surface area contributed by atoms with Crippen LogP contribution in [0.25, 0.3) is 0 Å². The molecule has 2 fully saturated rings. The van der Waals surface area contributed by atoms with Crippen LogP contribution in [0.15, 0.2) is 17.0 Å². The molecule has 1 saturated heterocycles. The van der Waals surface area contributed by atoms with E-state index in [4.69, 9.17) is 0 Å². The Hall–Kier alpha value is -1.40. The van der Waals surface area contributed by atoms with Crippen LogP contribution in [0.3, 0.4) is 0 Å². The minimum Gasteiger partial charge on any atom is -0.340 e. The predicted octanol–water partition coefficient (Wildman–Crippen LogP) is 3.09. The molecule has 2 aliphatic rings. The molecule has 150 valence electrons. The second-order valence-corrected chi connectivity index (χ2v) is 11.1. The topological polar surface area (TPSA) is 57.7 Å². The van der Waals surface area contributed by atoms with Gasteiger partial charge in [-0.05, 0) is 48.3 Å². The minimum atomic E-state index is -3.55. The molecule has 1 aromatic carbocycles. The van der Waals surface area contributed by atoms with Gasteiger partial charge in [-0.1, -0.05) is 39.8 Å². The molecule has 1 aliphatic carbocycles. The highest BCUT2D eigenvalue weighted by molar-refractivity contribution is 7.89. The van der Waals surface area contributed by atoms with Crippen LogP contribution >= 0.6 is 0 Å². The Morgan fingerprint density at radius 3 is 1.93 bits per heavy atom. The summed E-state index contributed by atoms with van der Waals surface area (Å²) < 4.78 is 28.1. The summed E-state index contributed by atoms with van der Waals surface area (Å²) in [5, 5.41) is 0. The van der Waals surface area contributed by atoms with Gasteiger partial charge in [0.15, 0.2) is 0 Å². The quantitative estimate of drug-likeness (QED) is 0.794. The van der Waals surface area contributed by atoms with Gasteiger partial charge >= 0.3 is 0 Å². The van der Waals surface area contributed by atoms with E-state index in [9.17, 15) is 13.2 Å². The number of rotatable bonds is 3. The molecular weight excluding hydrogens is 360 g/mol. The van der Waals surface area contributed by atoms with Gasteiger partial charge in [0.1, 0.15) is 0 Å². The Morgan fingerprint density at radius 1 is 1.04 bits per heavy atom. The van der Waals surface area contributed by atoms with Crippen LogP contribution < -0.4 is 0 Å². The lowest BCUT2D eigenvalue weighted by Crippen LogP contribution is -2.51. The van der Waals surface area contributed by atoms with Gasteiger partial charge in [-0.15, -0.1) is 0 Å². The van der Waals surface area contributed by atoms with Gasteiger partial charge in [-0.3, -0.25) is 4.79 Å². The van der Waals surface area contributed by atoms with Crippen LogP contribution in [0.5, 0.6) is 0 Å². The van der Waals surface area contributed by atoms with Gasteiger partial charge in [0, 0.05) is 32.1 Å². The standard InChI is InChI=1S/C21H32N2O3S/c1-14-13-18(14)20(24)22-7-9-23(10-8-22)27(25,26)19-15(2)11-17(12-16(19)3)21(4,5)6/h11-12,14,18H,7-10,13H2,1-6H3. The lowest BCUT2D eigenvalue weighted by molar-refractivity contribution is -0.134. The van der Waals surface area contributed by atoms with Crippen LogP contribution in [0.1, 0.15) is 50.8 Å². The highest BCUT2D eigenvalue weighted by Gasteiger charge is 2.42. The van der Waals surface area contributed by atoms with E-state index in [0.29, 0.717) is 37.0 Å². The molecule has 6 heteroatoms. The van der Waals surface area contributed by atoms with E-state index < -0.39 is 10.0 Å². The summed E-state index contributed by atoms with van der Waals surface area (Å²) in [6, 6.07) is 3.99. The zero-order valence-electron chi connectivity index (χ0n) is 17.4. The monoisotopic (exact) mass is 392 g/mol. The molecule has 0 N–H and O–H groups in total. The molecule has 0 bridgehead atoms. The lowest BCUT2D eigenvalue weighted by atomic mass is 9.85. The summed E-state index contributed by atoms with van der Waals surface area (Å²) in [5.41, 5.74) is 2.71. The van der Waals surface area contributed by atoms with Gasteiger partial charge in [0.2, 0.25) is 15.9 Å². The first-order chi connectivity index (χ1) is 12.4. The molecule has 0 radical (unpaired) electrons. The average molecular weight is 393 g/mol. The average Bonchev–Trinajstić information content (AvgIpc) is 3.29. The van der Waals surface area contributed by atoms with E-state index in [2.05, 4.69) is 27.7 Å². The number of aryl methyl sites for hydroxylation is 2. The Kier molecular flexibility index (Phi) is 5.19. The van der Waals surface area contributed by atoms with Crippen molar-refractivity contribution in [3.05, 3.63) is 28.8 Å². The van der Waals surface area contributed by atoms with Crippen molar-refractivity contribution in [2.75, 3.05) is 26.2 Å². The lowest BCUT2D eigenvalue weighted by Gasteiger charge is -2.35. The molecular formula is C21H32N2O3S. The zero-order valence-corrected chi connectivity index (χ0v) is 18.2. The number of hydrogen-bond acceptors (Lipinski definition) is 3. The number of carbonyl (C=O) groups is 1. The van der Waals surface area contributed by atoms with E-state index in [1.807, 2.05) is 30.9 Å². The number of nitrogens with zero attached hydrogens (tertiary/aromatic N) is 2. The summed E-state index contributed by atoms with van der Waals surface area (Å²) >= 11 is 0. The first-order valence-electron chi connectivity index (χ1n) is 9.83. The summed E-state index contributed by atoms with van der Waals surface area (Å²) in [4.78, 5) is 14.7. The third-order valence-electron chi connectivity index (χ3n) is 5.90. The molecule has 1 aromatic rings. The molecule has 5 nitrogen and oxygen atoms in total. The van der Waals surface area contributed by atoms with Crippen LogP contribution in [-0.2, 0) is 20.2 Å². The van der Waals surface area contributed by atoms with Crippen molar-refractivity contribution < 1.29 is 13.2 Å². The summed E-state index contributed by atoms with van der Waals surface area (Å²) in [7, 11) is -3.55. The van der Waals surface area contributed by atoms with E-state index in [0.717, 1.165) is 23.1 Å².